The Morgan fingerprint density at radius 1 is 1.24 bits per heavy atom. The minimum absolute atomic E-state index is 0.0330. The minimum Gasteiger partial charge on any atom is -0.491 e. The molecule has 25 heavy (non-hydrogen) atoms. The normalized spacial score (nSPS) is 20.6. The molecule has 0 aliphatic heterocycles. The van der Waals surface area contributed by atoms with Gasteiger partial charge >= 0.3 is 0 Å². The number of β-amino-alcohol motifs (C(OH)–C–C–N with tert-alkyl or cyclic N) is 1. The molecule has 1 aromatic rings. The molecule has 2 aliphatic rings. The number of ketones is 1. The fourth-order valence-corrected chi connectivity index (χ4v) is 4.10. The molecule has 0 aromatic heterocycles. The summed E-state index contributed by atoms with van der Waals surface area (Å²) in [7, 11) is 0. The first-order chi connectivity index (χ1) is 11.8. The van der Waals surface area contributed by atoms with Crippen LogP contribution in [0.2, 0.25) is 0 Å². The van der Waals surface area contributed by atoms with Crippen LogP contribution in [0.4, 0.5) is 0 Å². The van der Waals surface area contributed by atoms with Gasteiger partial charge in [-0.15, -0.1) is 0 Å². The molecule has 1 atom stereocenters. The second-order valence-electron chi connectivity index (χ2n) is 8.72. The zero-order valence-corrected chi connectivity index (χ0v) is 15.7. The van der Waals surface area contributed by atoms with Crippen molar-refractivity contribution in [1.29, 1.82) is 0 Å². The molecule has 138 valence electrons. The number of rotatable bonds is 5. The maximum Gasteiger partial charge on any atom is 0.169 e. The maximum atomic E-state index is 13.0. The number of carbonyl (C=O) groups excluding carboxylic acids is 1. The summed E-state index contributed by atoms with van der Waals surface area (Å²) in [5.41, 5.74) is 1.66. The van der Waals surface area contributed by atoms with Crippen LogP contribution in [0.3, 0.4) is 0 Å². The van der Waals surface area contributed by atoms with Crippen molar-refractivity contribution < 1.29 is 14.6 Å². The van der Waals surface area contributed by atoms with Crippen LogP contribution >= 0.6 is 0 Å². The number of nitrogens with one attached hydrogen (secondary N) is 1. The third-order valence-electron chi connectivity index (χ3n) is 5.48. The molecule has 2 aliphatic carbocycles. The second kappa shape index (κ2) is 7.08. The van der Waals surface area contributed by atoms with Crippen molar-refractivity contribution >= 4 is 5.78 Å². The lowest BCUT2D eigenvalue weighted by Gasteiger charge is -2.31. The molecule has 0 amide bonds. The van der Waals surface area contributed by atoms with Gasteiger partial charge in [0.2, 0.25) is 0 Å². The van der Waals surface area contributed by atoms with Gasteiger partial charge in [0, 0.05) is 28.6 Å². The van der Waals surface area contributed by atoms with Crippen LogP contribution in [0.1, 0.15) is 68.8 Å². The van der Waals surface area contributed by atoms with Gasteiger partial charge in [0.1, 0.15) is 18.5 Å². The largest absolute Gasteiger partial charge is 0.491 e. The monoisotopic (exact) mass is 345 g/mol. The van der Waals surface area contributed by atoms with Gasteiger partial charge in [0.05, 0.1) is 0 Å². The number of Topliss-reactive ketones (excluding diaryl/α,β-unsaturated/α-hetero) is 1. The number of ether oxygens (including phenoxy) is 1. The van der Waals surface area contributed by atoms with E-state index in [1.807, 2.05) is 18.2 Å². The Bertz CT molecular complexity index is 627. The van der Waals surface area contributed by atoms with E-state index in [-0.39, 0.29) is 17.6 Å². The lowest BCUT2D eigenvalue weighted by atomic mass is 9.71. The summed E-state index contributed by atoms with van der Waals surface area (Å²) in [5, 5.41) is 13.4. The molecule has 0 bridgehead atoms. The summed E-state index contributed by atoms with van der Waals surface area (Å²) >= 11 is 0. The van der Waals surface area contributed by atoms with Crippen LogP contribution in [0.25, 0.3) is 0 Å². The van der Waals surface area contributed by atoms with E-state index in [9.17, 15) is 9.90 Å². The zero-order chi connectivity index (χ0) is 18.1. The van der Waals surface area contributed by atoms with Gasteiger partial charge in [-0.25, -0.2) is 0 Å². The van der Waals surface area contributed by atoms with Crippen molar-refractivity contribution in [3.63, 3.8) is 0 Å². The summed E-state index contributed by atoms with van der Waals surface area (Å²) in [6.07, 6.45) is 5.75. The Morgan fingerprint density at radius 3 is 2.64 bits per heavy atom. The number of fused-ring (bicyclic) bond motifs is 1. The number of carbonyl (C=O) groups is 1. The molecule has 0 unspecified atom stereocenters. The topological polar surface area (TPSA) is 58.6 Å². The van der Waals surface area contributed by atoms with Crippen LogP contribution in [-0.2, 0) is 6.42 Å². The van der Waals surface area contributed by atoms with E-state index in [2.05, 4.69) is 26.1 Å². The maximum absolute atomic E-state index is 13.0. The molecule has 0 radical (unpaired) electrons. The molecule has 1 fully saturated rings. The summed E-state index contributed by atoms with van der Waals surface area (Å²) in [5.74, 6) is 1.07. The molecule has 1 spiro atoms. The molecular formula is C21H31NO3. The van der Waals surface area contributed by atoms with Crippen molar-refractivity contribution in [2.24, 2.45) is 5.41 Å². The van der Waals surface area contributed by atoms with Crippen molar-refractivity contribution in [2.45, 2.75) is 70.9 Å². The summed E-state index contributed by atoms with van der Waals surface area (Å²) < 4.78 is 5.92. The first-order valence-corrected chi connectivity index (χ1v) is 9.53. The number of aliphatic hydroxyl groups is 1. The van der Waals surface area contributed by atoms with E-state index in [4.69, 9.17) is 4.74 Å². The predicted octanol–water partition coefficient (Wildman–Crippen LogP) is 3.50. The molecular weight excluding hydrogens is 314 g/mol. The third kappa shape index (κ3) is 4.06. The molecule has 4 nitrogen and oxygen atoms in total. The number of benzene rings is 1. The van der Waals surface area contributed by atoms with Crippen LogP contribution in [0, 0.1) is 5.41 Å². The third-order valence-corrected chi connectivity index (χ3v) is 5.48. The molecule has 3 rings (SSSR count). The Kier molecular flexibility index (Phi) is 5.21. The first-order valence-electron chi connectivity index (χ1n) is 9.53. The fraction of sp³-hybridized carbons (Fsp3) is 0.667. The number of hydrogen-bond acceptors (Lipinski definition) is 4. The minimum atomic E-state index is -0.573. The van der Waals surface area contributed by atoms with E-state index >= 15 is 0 Å². The average molecular weight is 345 g/mol. The highest BCUT2D eigenvalue weighted by Crippen LogP contribution is 2.49. The van der Waals surface area contributed by atoms with E-state index in [0.29, 0.717) is 12.3 Å². The van der Waals surface area contributed by atoms with Crippen molar-refractivity contribution in [2.75, 3.05) is 13.2 Å². The van der Waals surface area contributed by atoms with Crippen molar-refractivity contribution in [3.8, 4) is 5.75 Å². The highest BCUT2D eigenvalue weighted by Gasteiger charge is 2.46. The Balaban J connectivity index is 1.67. The van der Waals surface area contributed by atoms with Crippen LogP contribution in [0.15, 0.2) is 18.2 Å². The highest BCUT2D eigenvalue weighted by atomic mass is 16.5. The Morgan fingerprint density at radius 2 is 1.96 bits per heavy atom. The average Bonchev–Trinajstić information content (AvgIpc) is 2.84. The van der Waals surface area contributed by atoms with Gasteiger partial charge in [0.25, 0.3) is 0 Å². The van der Waals surface area contributed by atoms with Crippen molar-refractivity contribution in [3.05, 3.63) is 29.3 Å². The van der Waals surface area contributed by atoms with Gasteiger partial charge in [-0.2, -0.15) is 0 Å². The summed E-state index contributed by atoms with van der Waals surface area (Å²) in [6, 6.07) is 5.76. The van der Waals surface area contributed by atoms with E-state index in [1.165, 1.54) is 6.42 Å². The van der Waals surface area contributed by atoms with Crippen LogP contribution in [0.5, 0.6) is 5.75 Å². The zero-order valence-electron chi connectivity index (χ0n) is 15.7. The summed E-state index contributed by atoms with van der Waals surface area (Å²) in [4.78, 5) is 13.0. The van der Waals surface area contributed by atoms with Gasteiger partial charge in [-0.1, -0.05) is 31.4 Å². The van der Waals surface area contributed by atoms with Crippen LogP contribution < -0.4 is 10.1 Å². The number of aliphatic hydroxyl groups excluding tert-OH is 1. The van der Waals surface area contributed by atoms with Gasteiger partial charge in [-0.05, 0) is 46.1 Å². The first kappa shape index (κ1) is 18.4. The predicted molar refractivity (Wildman–Crippen MR) is 99.3 cm³/mol. The van der Waals surface area contributed by atoms with E-state index in [1.54, 1.807) is 0 Å². The molecule has 1 saturated carbocycles. The van der Waals surface area contributed by atoms with E-state index < -0.39 is 6.10 Å². The quantitative estimate of drug-likeness (QED) is 0.857. The van der Waals surface area contributed by atoms with Gasteiger partial charge < -0.3 is 15.2 Å². The molecule has 1 aromatic carbocycles. The molecule has 0 heterocycles. The second-order valence-corrected chi connectivity index (χ2v) is 8.72. The van der Waals surface area contributed by atoms with Gasteiger partial charge in [-0.3, -0.25) is 4.79 Å². The lowest BCUT2D eigenvalue weighted by molar-refractivity contribution is 0.0746. The van der Waals surface area contributed by atoms with Crippen LogP contribution in [-0.4, -0.2) is 35.7 Å². The summed E-state index contributed by atoms with van der Waals surface area (Å²) in [6.45, 7) is 6.93. The van der Waals surface area contributed by atoms with Gasteiger partial charge in [0.15, 0.2) is 5.78 Å². The molecule has 2 N–H and O–H groups in total. The lowest BCUT2D eigenvalue weighted by Crippen LogP contribution is -2.42. The Labute approximate surface area is 151 Å². The Hall–Kier alpha value is -1.39. The SMILES string of the molecule is CC(C)(C)NC[C@H](O)COc1cccc2c1CC1(CCCCC1)C2=O. The fourth-order valence-electron chi connectivity index (χ4n) is 4.10. The smallest absolute Gasteiger partial charge is 0.169 e. The highest BCUT2D eigenvalue weighted by molar-refractivity contribution is 6.05. The molecule has 4 heteroatoms. The number of hydrogen-bond donors (Lipinski definition) is 2. The van der Waals surface area contributed by atoms with Crippen molar-refractivity contribution in [1.82, 2.24) is 5.32 Å². The molecule has 0 saturated heterocycles. The van der Waals surface area contributed by atoms with E-state index in [0.717, 1.165) is 49.0 Å². The standard InChI is InChI=1S/C21H31NO3/c1-20(2,3)22-13-15(23)14-25-18-9-7-8-16-17(18)12-21(19(16)24)10-5-4-6-11-21/h7-9,15,22-23H,4-6,10-14H2,1-3H3/t15-/m0/s1.